The molecule has 5 atom stereocenters. The molecule has 108 valence electrons. The van der Waals surface area contributed by atoms with Crippen molar-refractivity contribution in [2.75, 3.05) is 0 Å². The first kappa shape index (κ1) is 13.6. The van der Waals surface area contributed by atoms with Gasteiger partial charge in [0, 0.05) is 5.92 Å². The normalized spacial score (nSPS) is 33.7. The van der Waals surface area contributed by atoms with Gasteiger partial charge in [0.2, 0.25) is 5.91 Å². The largest absolute Gasteiger partial charge is 0.393 e. The van der Waals surface area contributed by atoms with E-state index in [2.05, 4.69) is 5.32 Å². The molecular weight excluding hydrogens is 250 g/mol. The summed E-state index contributed by atoms with van der Waals surface area (Å²) in [6.45, 7) is 2.03. The van der Waals surface area contributed by atoms with Crippen molar-refractivity contribution in [3.63, 3.8) is 0 Å². The van der Waals surface area contributed by atoms with E-state index >= 15 is 0 Å². The molecule has 0 bridgehead atoms. The minimum Gasteiger partial charge on any atom is -0.393 e. The Morgan fingerprint density at radius 2 is 1.85 bits per heavy atom. The van der Waals surface area contributed by atoms with Gasteiger partial charge >= 0.3 is 0 Å². The molecule has 2 fully saturated rings. The maximum absolute atomic E-state index is 12.5. The van der Waals surface area contributed by atoms with Crippen LogP contribution in [-0.2, 0) is 4.79 Å². The summed E-state index contributed by atoms with van der Waals surface area (Å²) in [5.41, 5.74) is 1.14. The molecule has 20 heavy (non-hydrogen) atoms. The van der Waals surface area contributed by atoms with Gasteiger partial charge in [-0.05, 0) is 50.0 Å². The number of carbonyl (C=O) groups excluding carboxylic acids is 1. The van der Waals surface area contributed by atoms with E-state index in [1.165, 1.54) is 0 Å². The van der Waals surface area contributed by atoms with Crippen molar-refractivity contribution in [3.8, 4) is 0 Å². The van der Waals surface area contributed by atoms with E-state index in [0.717, 1.165) is 31.2 Å². The van der Waals surface area contributed by atoms with E-state index < -0.39 is 0 Å². The topological polar surface area (TPSA) is 49.3 Å². The lowest BCUT2D eigenvalue weighted by Gasteiger charge is -2.21. The van der Waals surface area contributed by atoms with Gasteiger partial charge in [0.25, 0.3) is 0 Å². The molecule has 1 amide bonds. The highest BCUT2D eigenvalue weighted by Gasteiger charge is 2.46. The zero-order valence-electron chi connectivity index (χ0n) is 12.0. The molecule has 0 radical (unpaired) electrons. The Bertz CT molecular complexity index is 473. The summed E-state index contributed by atoms with van der Waals surface area (Å²) in [4.78, 5) is 12.5. The second-order valence-corrected chi connectivity index (χ2v) is 6.30. The first-order chi connectivity index (χ1) is 9.66. The van der Waals surface area contributed by atoms with Crippen molar-refractivity contribution in [1.29, 1.82) is 0 Å². The molecule has 2 N–H and O–H groups in total. The summed E-state index contributed by atoms with van der Waals surface area (Å²) in [6, 6.07) is 10.1. The lowest BCUT2D eigenvalue weighted by atomic mass is 9.90. The van der Waals surface area contributed by atoms with Crippen molar-refractivity contribution in [3.05, 3.63) is 35.9 Å². The maximum atomic E-state index is 12.5. The van der Waals surface area contributed by atoms with Gasteiger partial charge in [-0.15, -0.1) is 0 Å². The lowest BCUT2D eigenvalue weighted by Crippen LogP contribution is -2.35. The highest BCUT2D eigenvalue weighted by atomic mass is 16.3. The maximum Gasteiger partial charge on any atom is 0.223 e. The molecule has 0 unspecified atom stereocenters. The Balaban J connectivity index is 1.63. The van der Waals surface area contributed by atoms with Crippen LogP contribution in [0.25, 0.3) is 0 Å². The molecule has 1 aromatic rings. The van der Waals surface area contributed by atoms with Gasteiger partial charge in [-0.25, -0.2) is 0 Å². The van der Waals surface area contributed by atoms with E-state index in [1.54, 1.807) is 0 Å². The van der Waals surface area contributed by atoms with Crippen LogP contribution in [0.15, 0.2) is 30.3 Å². The van der Waals surface area contributed by atoms with Gasteiger partial charge in [-0.2, -0.15) is 0 Å². The summed E-state index contributed by atoms with van der Waals surface area (Å²) in [5.74, 6) is 1.03. The molecule has 0 saturated heterocycles. The second kappa shape index (κ2) is 5.57. The van der Waals surface area contributed by atoms with Crippen LogP contribution in [0, 0.1) is 17.8 Å². The standard InChI is InChI=1S/C17H23NO2/c1-11(12-5-3-2-4-6-12)18-17(20)15-8-7-14-13(15)9-10-16(14)19/h2-6,11,13-16,19H,7-10H2,1H3,(H,18,20)/t11-,13+,14-,15-,16-/m1/s1. The highest BCUT2D eigenvalue weighted by molar-refractivity contribution is 5.79. The molecule has 3 rings (SSSR count). The van der Waals surface area contributed by atoms with Crippen molar-refractivity contribution < 1.29 is 9.90 Å². The van der Waals surface area contributed by atoms with E-state index in [0.29, 0.717) is 11.8 Å². The number of nitrogens with one attached hydrogen (secondary N) is 1. The van der Waals surface area contributed by atoms with Crippen LogP contribution < -0.4 is 5.32 Å². The molecule has 3 nitrogen and oxygen atoms in total. The Morgan fingerprint density at radius 3 is 2.60 bits per heavy atom. The third-order valence-corrected chi connectivity index (χ3v) is 5.16. The monoisotopic (exact) mass is 273 g/mol. The molecule has 2 saturated carbocycles. The van der Waals surface area contributed by atoms with Crippen LogP contribution in [0.2, 0.25) is 0 Å². The molecule has 2 aliphatic rings. The third-order valence-electron chi connectivity index (χ3n) is 5.16. The Morgan fingerprint density at radius 1 is 1.15 bits per heavy atom. The predicted octanol–water partition coefficient (Wildman–Crippen LogP) is 2.66. The van der Waals surface area contributed by atoms with Crippen LogP contribution >= 0.6 is 0 Å². The Labute approximate surface area is 120 Å². The molecule has 0 heterocycles. The smallest absolute Gasteiger partial charge is 0.223 e. The minimum atomic E-state index is -0.177. The number of amides is 1. The van der Waals surface area contributed by atoms with Gasteiger partial charge < -0.3 is 10.4 Å². The van der Waals surface area contributed by atoms with Crippen LogP contribution in [0.4, 0.5) is 0 Å². The Kier molecular flexibility index (Phi) is 3.79. The van der Waals surface area contributed by atoms with Crippen molar-refractivity contribution in [2.24, 2.45) is 17.8 Å². The quantitative estimate of drug-likeness (QED) is 0.889. The van der Waals surface area contributed by atoms with Gasteiger partial charge in [-0.1, -0.05) is 30.3 Å². The van der Waals surface area contributed by atoms with E-state index in [9.17, 15) is 9.90 Å². The number of carbonyl (C=O) groups is 1. The highest BCUT2D eigenvalue weighted by Crippen LogP contribution is 2.47. The van der Waals surface area contributed by atoms with Crippen LogP contribution in [0.5, 0.6) is 0 Å². The van der Waals surface area contributed by atoms with Gasteiger partial charge in [0.15, 0.2) is 0 Å². The summed E-state index contributed by atoms with van der Waals surface area (Å²) >= 11 is 0. The second-order valence-electron chi connectivity index (χ2n) is 6.30. The molecule has 3 heteroatoms. The third kappa shape index (κ3) is 2.47. The fraction of sp³-hybridized carbons (Fsp3) is 0.588. The van der Waals surface area contributed by atoms with Crippen LogP contribution in [-0.4, -0.2) is 17.1 Å². The first-order valence-electron chi connectivity index (χ1n) is 7.70. The number of hydrogen-bond acceptors (Lipinski definition) is 2. The zero-order chi connectivity index (χ0) is 14.1. The fourth-order valence-corrected chi connectivity index (χ4v) is 4.04. The van der Waals surface area contributed by atoms with Crippen LogP contribution in [0.3, 0.4) is 0 Å². The number of hydrogen-bond donors (Lipinski definition) is 2. The van der Waals surface area contributed by atoms with Crippen molar-refractivity contribution in [1.82, 2.24) is 5.32 Å². The number of fused-ring (bicyclic) bond motifs is 1. The van der Waals surface area contributed by atoms with Gasteiger partial charge in [-0.3, -0.25) is 4.79 Å². The summed E-state index contributed by atoms with van der Waals surface area (Å²) in [5, 5.41) is 13.1. The molecule has 1 aromatic carbocycles. The lowest BCUT2D eigenvalue weighted by molar-refractivity contribution is -0.126. The summed E-state index contributed by atoms with van der Waals surface area (Å²) < 4.78 is 0. The molecule has 0 aliphatic heterocycles. The molecular formula is C17H23NO2. The average molecular weight is 273 g/mol. The number of aliphatic hydroxyl groups excluding tert-OH is 1. The fourth-order valence-electron chi connectivity index (χ4n) is 4.04. The van der Waals surface area contributed by atoms with Crippen LogP contribution in [0.1, 0.15) is 44.2 Å². The van der Waals surface area contributed by atoms with Crippen molar-refractivity contribution in [2.45, 2.75) is 44.8 Å². The van der Waals surface area contributed by atoms with Crippen molar-refractivity contribution >= 4 is 5.91 Å². The molecule has 2 aliphatic carbocycles. The zero-order valence-corrected chi connectivity index (χ0v) is 12.0. The average Bonchev–Trinajstić information content (AvgIpc) is 3.03. The predicted molar refractivity (Wildman–Crippen MR) is 77.9 cm³/mol. The first-order valence-corrected chi connectivity index (χ1v) is 7.70. The SMILES string of the molecule is C[C@@H](NC(=O)[C@@H]1CC[C@@H]2[C@@H]1CC[C@H]2O)c1ccccc1. The van der Waals surface area contributed by atoms with E-state index in [4.69, 9.17) is 0 Å². The van der Waals surface area contributed by atoms with Gasteiger partial charge in [0.1, 0.15) is 0 Å². The number of benzene rings is 1. The van der Waals surface area contributed by atoms with E-state index in [1.807, 2.05) is 37.3 Å². The number of aliphatic hydroxyl groups is 1. The minimum absolute atomic E-state index is 0.0501. The van der Waals surface area contributed by atoms with E-state index in [-0.39, 0.29) is 24.0 Å². The Hall–Kier alpha value is -1.35. The van der Waals surface area contributed by atoms with Gasteiger partial charge in [0.05, 0.1) is 12.1 Å². The molecule has 0 spiro atoms. The summed E-state index contributed by atoms with van der Waals surface area (Å²) in [7, 11) is 0. The molecule has 0 aromatic heterocycles. The summed E-state index contributed by atoms with van der Waals surface area (Å²) in [6.07, 6.45) is 3.63. The number of rotatable bonds is 3.